The Balaban J connectivity index is 1.96. The summed E-state index contributed by atoms with van der Waals surface area (Å²) in [5.74, 6) is 0.159. The van der Waals surface area contributed by atoms with E-state index in [-0.39, 0.29) is 18.0 Å². The molecule has 1 aliphatic rings. The Morgan fingerprint density at radius 3 is 3.06 bits per heavy atom. The molecule has 1 aliphatic heterocycles. The van der Waals surface area contributed by atoms with Gasteiger partial charge in [-0.1, -0.05) is 6.92 Å². The van der Waals surface area contributed by atoms with Crippen LogP contribution >= 0.6 is 11.3 Å². The van der Waals surface area contributed by atoms with Gasteiger partial charge in [0.2, 0.25) is 5.91 Å². The van der Waals surface area contributed by atoms with Gasteiger partial charge in [-0.15, -0.1) is 11.3 Å². The van der Waals surface area contributed by atoms with Crippen LogP contribution in [0.1, 0.15) is 48.9 Å². The molecule has 0 spiro atoms. The van der Waals surface area contributed by atoms with Crippen LogP contribution in [0.5, 0.6) is 0 Å². The number of nitrogens with one attached hydrogen (secondary N) is 2. The summed E-state index contributed by atoms with van der Waals surface area (Å²) in [7, 11) is 0. The Kier molecular flexibility index (Phi) is 4.78. The first-order chi connectivity index (χ1) is 8.70. The highest BCUT2D eigenvalue weighted by Crippen LogP contribution is 2.24. The van der Waals surface area contributed by atoms with E-state index in [1.54, 1.807) is 0 Å². The average molecular weight is 266 g/mol. The average Bonchev–Trinajstić information content (AvgIpc) is 2.77. The van der Waals surface area contributed by atoms with Crippen molar-refractivity contribution in [2.24, 2.45) is 0 Å². The molecule has 1 aromatic rings. The molecule has 1 fully saturated rings. The molecule has 0 bridgehead atoms. The summed E-state index contributed by atoms with van der Waals surface area (Å²) in [6.07, 6.45) is 4.24. The number of carbonyl (C=O) groups is 1. The van der Waals surface area contributed by atoms with Crippen molar-refractivity contribution in [1.82, 2.24) is 10.6 Å². The van der Waals surface area contributed by atoms with E-state index in [2.05, 4.69) is 36.6 Å². The molecule has 2 N–H and O–H groups in total. The SMILES string of the molecule is CCc1ccc(C(C)NC2CCCCNC2=O)s1. The van der Waals surface area contributed by atoms with Crippen molar-refractivity contribution in [2.75, 3.05) is 6.54 Å². The van der Waals surface area contributed by atoms with E-state index in [9.17, 15) is 4.79 Å². The summed E-state index contributed by atoms with van der Waals surface area (Å²) in [4.78, 5) is 14.6. The summed E-state index contributed by atoms with van der Waals surface area (Å²) < 4.78 is 0. The number of carbonyl (C=O) groups excluding carboxylic acids is 1. The molecule has 2 heterocycles. The van der Waals surface area contributed by atoms with E-state index < -0.39 is 0 Å². The van der Waals surface area contributed by atoms with Crippen LogP contribution in [-0.4, -0.2) is 18.5 Å². The third-order valence-electron chi connectivity index (χ3n) is 3.44. The molecule has 2 atom stereocenters. The lowest BCUT2D eigenvalue weighted by molar-refractivity contribution is -0.123. The van der Waals surface area contributed by atoms with Crippen molar-refractivity contribution in [2.45, 2.75) is 51.6 Å². The Bertz CT molecular complexity index is 402. The van der Waals surface area contributed by atoms with Gasteiger partial charge in [-0.25, -0.2) is 0 Å². The highest BCUT2D eigenvalue weighted by Gasteiger charge is 2.22. The van der Waals surface area contributed by atoms with Crippen molar-refractivity contribution >= 4 is 17.2 Å². The normalized spacial score (nSPS) is 22.3. The van der Waals surface area contributed by atoms with Crippen molar-refractivity contribution in [3.63, 3.8) is 0 Å². The van der Waals surface area contributed by atoms with Gasteiger partial charge in [-0.05, 0) is 44.7 Å². The van der Waals surface area contributed by atoms with Crippen molar-refractivity contribution in [1.29, 1.82) is 0 Å². The standard InChI is InChI=1S/C14H22N2OS/c1-3-11-7-8-13(18-11)10(2)16-12-6-4-5-9-15-14(12)17/h7-8,10,12,16H,3-6,9H2,1-2H3,(H,15,17). The predicted octanol–water partition coefficient (Wildman–Crippen LogP) is 2.63. The fraction of sp³-hybridized carbons (Fsp3) is 0.643. The first kappa shape index (κ1) is 13.6. The predicted molar refractivity (Wildman–Crippen MR) is 75.9 cm³/mol. The third kappa shape index (κ3) is 3.33. The fourth-order valence-electron chi connectivity index (χ4n) is 2.30. The zero-order valence-electron chi connectivity index (χ0n) is 11.2. The zero-order chi connectivity index (χ0) is 13.0. The smallest absolute Gasteiger partial charge is 0.237 e. The third-order valence-corrected chi connectivity index (χ3v) is 4.86. The largest absolute Gasteiger partial charge is 0.355 e. The quantitative estimate of drug-likeness (QED) is 0.879. The Morgan fingerprint density at radius 2 is 2.33 bits per heavy atom. The maximum atomic E-state index is 11.9. The minimum atomic E-state index is -0.0327. The van der Waals surface area contributed by atoms with Gasteiger partial charge in [0, 0.05) is 22.3 Å². The topological polar surface area (TPSA) is 41.1 Å². The molecule has 0 aliphatic carbocycles. The van der Waals surface area contributed by atoms with Gasteiger partial charge in [0.15, 0.2) is 0 Å². The molecule has 1 amide bonds. The van der Waals surface area contributed by atoms with Crippen LogP contribution in [0, 0.1) is 0 Å². The molecule has 1 saturated heterocycles. The van der Waals surface area contributed by atoms with Gasteiger partial charge >= 0.3 is 0 Å². The Labute approximate surface area is 113 Å². The van der Waals surface area contributed by atoms with E-state index in [1.807, 2.05) is 11.3 Å². The summed E-state index contributed by atoms with van der Waals surface area (Å²) in [5, 5.41) is 6.43. The number of aryl methyl sites for hydroxylation is 1. The summed E-state index contributed by atoms with van der Waals surface area (Å²) in [5.41, 5.74) is 0. The highest BCUT2D eigenvalue weighted by molar-refractivity contribution is 7.12. The summed E-state index contributed by atoms with van der Waals surface area (Å²) in [6.45, 7) is 5.14. The lowest BCUT2D eigenvalue weighted by Crippen LogP contribution is -2.43. The summed E-state index contributed by atoms with van der Waals surface area (Å²) in [6, 6.07) is 4.58. The van der Waals surface area contributed by atoms with E-state index in [4.69, 9.17) is 0 Å². The molecule has 4 heteroatoms. The fourth-order valence-corrected chi connectivity index (χ4v) is 3.26. The molecule has 18 heavy (non-hydrogen) atoms. The minimum absolute atomic E-state index is 0.0327. The van der Waals surface area contributed by atoms with Gasteiger partial charge in [0.25, 0.3) is 0 Å². The number of rotatable bonds is 4. The van der Waals surface area contributed by atoms with Crippen LogP contribution in [0.25, 0.3) is 0 Å². The molecule has 2 rings (SSSR count). The molecule has 2 unspecified atom stereocenters. The second-order valence-electron chi connectivity index (χ2n) is 4.89. The number of hydrogen-bond acceptors (Lipinski definition) is 3. The number of thiophene rings is 1. The second-order valence-corrected chi connectivity index (χ2v) is 6.09. The monoisotopic (exact) mass is 266 g/mol. The van der Waals surface area contributed by atoms with Gasteiger partial charge < -0.3 is 5.32 Å². The van der Waals surface area contributed by atoms with E-state index in [1.165, 1.54) is 9.75 Å². The Hall–Kier alpha value is -0.870. The minimum Gasteiger partial charge on any atom is -0.355 e. The lowest BCUT2D eigenvalue weighted by Gasteiger charge is -2.20. The van der Waals surface area contributed by atoms with Gasteiger partial charge in [0.05, 0.1) is 6.04 Å². The van der Waals surface area contributed by atoms with Crippen molar-refractivity contribution < 1.29 is 4.79 Å². The molecule has 0 radical (unpaired) electrons. The second kappa shape index (κ2) is 6.34. The molecular weight excluding hydrogens is 244 g/mol. The van der Waals surface area contributed by atoms with Crippen LogP contribution in [0.3, 0.4) is 0 Å². The first-order valence-corrected chi connectivity index (χ1v) is 7.64. The molecule has 3 nitrogen and oxygen atoms in total. The summed E-state index contributed by atoms with van der Waals surface area (Å²) >= 11 is 1.84. The first-order valence-electron chi connectivity index (χ1n) is 6.83. The van der Waals surface area contributed by atoms with Crippen molar-refractivity contribution in [3.05, 3.63) is 21.9 Å². The van der Waals surface area contributed by atoms with Crippen LogP contribution in [0.2, 0.25) is 0 Å². The van der Waals surface area contributed by atoms with E-state index in [0.717, 1.165) is 32.2 Å². The molecule has 1 aromatic heterocycles. The molecule has 0 aromatic carbocycles. The number of amides is 1. The van der Waals surface area contributed by atoms with Crippen LogP contribution in [0.4, 0.5) is 0 Å². The maximum absolute atomic E-state index is 11.9. The Morgan fingerprint density at radius 1 is 1.50 bits per heavy atom. The van der Waals surface area contributed by atoms with Gasteiger partial charge in [-0.3, -0.25) is 10.1 Å². The van der Waals surface area contributed by atoms with E-state index >= 15 is 0 Å². The van der Waals surface area contributed by atoms with Crippen molar-refractivity contribution in [3.8, 4) is 0 Å². The lowest BCUT2D eigenvalue weighted by atomic mass is 10.1. The maximum Gasteiger partial charge on any atom is 0.237 e. The zero-order valence-corrected chi connectivity index (χ0v) is 12.0. The molecule has 100 valence electrons. The van der Waals surface area contributed by atoms with Crippen LogP contribution in [0.15, 0.2) is 12.1 Å². The van der Waals surface area contributed by atoms with E-state index in [0.29, 0.717) is 0 Å². The van der Waals surface area contributed by atoms with Crippen LogP contribution < -0.4 is 10.6 Å². The van der Waals surface area contributed by atoms with Gasteiger partial charge in [0.1, 0.15) is 0 Å². The molecular formula is C14H22N2OS. The van der Waals surface area contributed by atoms with Crippen LogP contribution in [-0.2, 0) is 11.2 Å². The van der Waals surface area contributed by atoms with Gasteiger partial charge in [-0.2, -0.15) is 0 Å². The highest BCUT2D eigenvalue weighted by atomic mass is 32.1. The number of hydrogen-bond donors (Lipinski definition) is 2. The molecule has 0 saturated carbocycles.